The largest absolute Gasteiger partial charge is 0.380 e. The molecule has 0 atom stereocenters. The standard InChI is InChI=1S/C21H26BrN3S/c1-6-25(5)13-24-20-11-14(2)18(10-16(20)4)21(26)12-23-19-8-7-17(22)9-15(19)3/h7-11,13,23H,6,12H2,1-5H3/b24-13-. The molecule has 0 saturated heterocycles. The summed E-state index contributed by atoms with van der Waals surface area (Å²) in [5.74, 6) is 0. The van der Waals surface area contributed by atoms with E-state index in [1.807, 2.05) is 19.5 Å². The van der Waals surface area contributed by atoms with Crippen LogP contribution >= 0.6 is 28.1 Å². The molecule has 0 aromatic heterocycles. The van der Waals surface area contributed by atoms with E-state index in [0.29, 0.717) is 6.54 Å². The molecule has 0 aliphatic heterocycles. The van der Waals surface area contributed by atoms with Gasteiger partial charge in [-0.15, -0.1) is 0 Å². The lowest BCUT2D eigenvalue weighted by Gasteiger charge is -2.14. The summed E-state index contributed by atoms with van der Waals surface area (Å²) in [7, 11) is 2.02. The van der Waals surface area contributed by atoms with Gasteiger partial charge in [-0.3, -0.25) is 0 Å². The van der Waals surface area contributed by atoms with Gasteiger partial charge in [0.05, 0.1) is 18.6 Å². The Morgan fingerprint density at radius 2 is 1.88 bits per heavy atom. The SMILES string of the molecule is CCN(C)/C=N\c1cc(C)c(C(=S)CNc2ccc(Br)cc2C)cc1C. The van der Waals surface area contributed by atoms with Crippen molar-refractivity contribution in [1.82, 2.24) is 4.90 Å². The number of benzene rings is 2. The first-order chi connectivity index (χ1) is 12.3. The zero-order chi connectivity index (χ0) is 19.3. The summed E-state index contributed by atoms with van der Waals surface area (Å²) < 4.78 is 1.08. The Labute approximate surface area is 170 Å². The van der Waals surface area contributed by atoms with Crippen LogP contribution in [0.15, 0.2) is 39.8 Å². The van der Waals surface area contributed by atoms with Gasteiger partial charge in [0.25, 0.3) is 0 Å². The van der Waals surface area contributed by atoms with Crippen molar-refractivity contribution in [1.29, 1.82) is 0 Å². The van der Waals surface area contributed by atoms with Crippen LogP contribution in [0, 0.1) is 20.8 Å². The zero-order valence-electron chi connectivity index (χ0n) is 16.1. The van der Waals surface area contributed by atoms with Crippen LogP contribution in [0.3, 0.4) is 0 Å². The van der Waals surface area contributed by atoms with E-state index in [2.05, 4.69) is 83.1 Å². The highest BCUT2D eigenvalue weighted by Crippen LogP contribution is 2.25. The first-order valence-corrected chi connectivity index (χ1v) is 9.90. The van der Waals surface area contributed by atoms with Crippen molar-refractivity contribution >= 4 is 50.7 Å². The Balaban J connectivity index is 2.13. The van der Waals surface area contributed by atoms with Gasteiger partial charge in [0.15, 0.2) is 0 Å². The average Bonchev–Trinajstić information content (AvgIpc) is 2.60. The van der Waals surface area contributed by atoms with Crippen molar-refractivity contribution in [2.45, 2.75) is 27.7 Å². The van der Waals surface area contributed by atoms with Crippen molar-refractivity contribution in [3.8, 4) is 0 Å². The van der Waals surface area contributed by atoms with Crippen LogP contribution in [0.1, 0.15) is 29.2 Å². The molecular weight excluding hydrogens is 406 g/mol. The molecule has 5 heteroatoms. The second kappa shape index (κ2) is 9.28. The number of nitrogens with zero attached hydrogens (tertiary/aromatic N) is 2. The van der Waals surface area contributed by atoms with E-state index < -0.39 is 0 Å². The van der Waals surface area contributed by atoms with Crippen LogP contribution in [-0.2, 0) is 0 Å². The van der Waals surface area contributed by atoms with E-state index >= 15 is 0 Å². The predicted octanol–water partition coefficient (Wildman–Crippen LogP) is 5.82. The Bertz CT molecular complexity index is 830. The maximum atomic E-state index is 5.69. The Hall–Kier alpha value is -1.72. The van der Waals surface area contributed by atoms with Gasteiger partial charge in [-0.25, -0.2) is 4.99 Å². The van der Waals surface area contributed by atoms with E-state index in [-0.39, 0.29) is 0 Å². The van der Waals surface area contributed by atoms with E-state index in [0.717, 1.165) is 43.9 Å². The van der Waals surface area contributed by atoms with Gasteiger partial charge in [0.1, 0.15) is 0 Å². The number of hydrogen-bond donors (Lipinski definition) is 1. The maximum absolute atomic E-state index is 5.69. The maximum Gasteiger partial charge on any atom is 0.0909 e. The minimum absolute atomic E-state index is 0.638. The molecule has 26 heavy (non-hydrogen) atoms. The van der Waals surface area contributed by atoms with Crippen LogP contribution in [0.25, 0.3) is 0 Å². The molecule has 0 aliphatic carbocycles. The van der Waals surface area contributed by atoms with Crippen LogP contribution in [-0.4, -0.2) is 36.2 Å². The lowest BCUT2D eigenvalue weighted by molar-refractivity contribution is 0.552. The smallest absolute Gasteiger partial charge is 0.0909 e. The van der Waals surface area contributed by atoms with Crippen molar-refractivity contribution in [2.75, 3.05) is 25.5 Å². The number of halogens is 1. The summed E-state index contributed by atoms with van der Waals surface area (Å²) in [6, 6.07) is 10.5. The summed E-state index contributed by atoms with van der Waals surface area (Å²) in [5.41, 5.74) is 6.69. The topological polar surface area (TPSA) is 27.6 Å². The second-order valence-corrected chi connectivity index (χ2v) is 7.92. The van der Waals surface area contributed by atoms with Crippen molar-refractivity contribution in [3.05, 3.63) is 57.1 Å². The monoisotopic (exact) mass is 431 g/mol. The summed E-state index contributed by atoms with van der Waals surface area (Å²) >= 11 is 9.18. The van der Waals surface area contributed by atoms with Gasteiger partial charge in [0, 0.05) is 28.6 Å². The molecular formula is C21H26BrN3S. The van der Waals surface area contributed by atoms with Gasteiger partial charge in [0.2, 0.25) is 0 Å². The molecule has 2 aromatic rings. The number of anilines is 1. The Morgan fingerprint density at radius 3 is 2.54 bits per heavy atom. The minimum atomic E-state index is 0.638. The third kappa shape index (κ3) is 5.39. The van der Waals surface area contributed by atoms with E-state index in [1.54, 1.807) is 0 Å². The molecule has 138 valence electrons. The molecule has 3 nitrogen and oxygen atoms in total. The fourth-order valence-corrected chi connectivity index (χ4v) is 3.35. The highest BCUT2D eigenvalue weighted by Gasteiger charge is 2.09. The average molecular weight is 432 g/mol. The molecule has 0 saturated carbocycles. The molecule has 0 fully saturated rings. The van der Waals surface area contributed by atoms with E-state index in [4.69, 9.17) is 12.2 Å². The summed E-state index contributed by atoms with van der Waals surface area (Å²) in [6.45, 7) is 9.94. The van der Waals surface area contributed by atoms with Gasteiger partial charge < -0.3 is 10.2 Å². The minimum Gasteiger partial charge on any atom is -0.380 e. The molecule has 0 unspecified atom stereocenters. The summed E-state index contributed by atoms with van der Waals surface area (Å²) in [5, 5.41) is 3.45. The zero-order valence-corrected chi connectivity index (χ0v) is 18.5. The molecule has 2 rings (SSSR count). The van der Waals surface area contributed by atoms with Crippen LogP contribution in [0.2, 0.25) is 0 Å². The van der Waals surface area contributed by atoms with Gasteiger partial charge in [-0.1, -0.05) is 28.1 Å². The molecule has 0 radical (unpaired) electrons. The highest BCUT2D eigenvalue weighted by atomic mass is 79.9. The molecule has 0 heterocycles. The van der Waals surface area contributed by atoms with E-state index in [1.165, 1.54) is 5.56 Å². The molecule has 0 amide bonds. The molecule has 1 N–H and O–H groups in total. The number of rotatable bonds is 7. The van der Waals surface area contributed by atoms with Gasteiger partial charge in [-0.2, -0.15) is 0 Å². The van der Waals surface area contributed by atoms with Crippen molar-refractivity contribution in [3.63, 3.8) is 0 Å². The number of hydrogen-bond acceptors (Lipinski definition) is 3. The van der Waals surface area contributed by atoms with Gasteiger partial charge >= 0.3 is 0 Å². The number of nitrogens with one attached hydrogen (secondary N) is 1. The fraction of sp³-hybridized carbons (Fsp3) is 0.333. The molecule has 0 aliphatic rings. The summed E-state index contributed by atoms with van der Waals surface area (Å²) in [6.07, 6.45) is 1.87. The Kier molecular flexibility index (Phi) is 7.35. The second-order valence-electron chi connectivity index (χ2n) is 6.51. The number of aliphatic imine (C=N–C) groups is 1. The number of thiocarbonyl (C=S) groups is 1. The first kappa shape index (κ1) is 20.6. The van der Waals surface area contributed by atoms with Crippen LogP contribution < -0.4 is 5.32 Å². The predicted molar refractivity (Wildman–Crippen MR) is 121 cm³/mol. The number of aryl methyl sites for hydroxylation is 3. The molecule has 2 aromatic carbocycles. The fourth-order valence-electron chi connectivity index (χ4n) is 2.58. The Morgan fingerprint density at radius 1 is 1.15 bits per heavy atom. The normalized spacial score (nSPS) is 11.0. The molecule has 0 spiro atoms. The van der Waals surface area contributed by atoms with Crippen LogP contribution in [0.5, 0.6) is 0 Å². The summed E-state index contributed by atoms with van der Waals surface area (Å²) in [4.78, 5) is 7.55. The van der Waals surface area contributed by atoms with E-state index in [9.17, 15) is 0 Å². The third-order valence-corrected chi connectivity index (χ3v) is 5.22. The quantitative estimate of drug-likeness (QED) is 0.259. The third-order valence-electron chi connectivity index (χ3n) is 4.36. The highest BCUT2D eigenvalue weighted by molar-refractivity contribution is 9.10. The lowest BCUT2D eigenvalue weighted by atomic mass is 10.0. The molecule has 0 bridgehead atoms. The van der Waals surface area contributed by atoms with Crippen molar-refractivity contribution < 1.29 is 0 Å². The van der Waals surface area contributed by atoms with Gasteiger partial charge in [-0.05, 0) is 80.3 Å². The van der Waals surface area contributed by atoms with Crippen LogP contribution in [0.4, 0.5) is 11.4 Å². The first-order valence-electron chi connectivity index (χ1n) is 8.70. The van der Waals surface area contributed by atoms with Crippen molar-refractivity contribution in [2.24, 2.45) is 4.99 Å². The lowest BCUT2D eigenvalue weighted by Crippen LogP contribution is -2.15.